The van der Waals surface area contributed by atoms with Crippen molar-refractivity contribution in [3.63, 3.8) is 0 Å². The van der Waals surface area contributed by atoms with Gasteiger partial charge in [-0.3, -0.25) is 14.9 Å². The SMILES string of the molecule is O=C1CC(NC2Cc3ccccc3C2)C(=O)N1. The van der Waals surface area contributed by atoms with E-state index in [9.17, 15) is 9.59 Å². The summed E-state index contributed by atoms with van der Waals surface area (Å²) in [6, 6.07) is 8.24. The Hall–Kier alpha value is -1.68. The number of carbonyl (C=O) groups excluding carboxylic acids is 2. The Morgan fingerprint density at radius 3 is 2.24 bits per heavy atom. The van der Waals surface area contributed by atoms with Crippen LogP contribution in [-0.4, -0.2) is 23.9 Å². The molecule has 88 valence electrons. The van der Waals surface area contributed by atoms with Crippen molar-refractivity contribution in [1.82, 2.24) is 10.6 Å². The summed E-state index contributed by atoms with van der Waals surface area (Å²) in [4.78, 5) is 22.5. The molecule has 0 aromatic heterocycles. The fourth-order valence-corrected chi connectivity index (χ4v) is 2.65. The second-order valence-corrected chi connectivity index (χ2v) is 4.71. The second kappa shape index (κ2) is 3.96. The maximum atomic E-state index is 11.5. The predicted molar refractivity (Wildman–Crippen MR) is 62.3 cm³/mol. The van der Waals surface area contributed by atoms with Crippen LogP contribution < -0.4 is 10.6 Å². The summed E-state index contributed by atoms with van der Waals surface area (Å²) in [5, 5.41) is 5.59. The van der Waals surface area contributed by atoms with Crippen LogP contribution in [0, 0.1) is 0 Å². The van der Waals surface area contributed by atoms with E-state index in [1.165, 1.54) is 11.1 Å². The second-order valence-electron chi connectivity index (χ2n) is 4.71. The van der Waals surface area contributed by atoms with Gasteiger partial charge >= 0.3 is 0 Å². The van der Waals surface area contributed by atoms with Crippen LogP contribution >= 0.6 is 0 Å². The largest absolute Gasteiger partial charge is 0.302 e. The summed E-state index contributed by atoms with van der Waals surface area (Å²) >= 11 is 0. The van der Waals surface area contributed by atoms with Crippen molar-refractivity contribution in [2.75, 3.05) is 0 Å². The molecule has 0 spiro atoms. The van der Waals surface area contributed by atoms with Gasteiger partial charge in [0.2, 0.25) is 11.8 Å². The molecule has 1 heterocycles. The van der Waals surface area contributed by atoms with Gasteiger partial charge in [0.15, 0.2) is 0 Å². The molecule has 2 N–H and O–H groups in total. The molecule has 17 heavy (non-hydrogen) atoms. The molecule has 0 saturated carbocycles. The van der Waals surface area contributed by atoms with Gasteiger partial charge in [0.05, 0.1) is 12.5 Å². The zero-order valence-electron chi connectivity index (χ0n) is 9.40. The molecule has 1 atom stereocenters. The third kappa shape index (κ3) is 1.96. The van der Waals surface area contributed by atoms with E-state index in [1.807, 2.05) is 12.1 Å². The molecule has 1 saturated heterocycles. The van der Waals surface area contributed by atoms with E-state index in [2.05, 4.69) is 22.8 Å². The lowest BCUT2D eigenvalue weighted by Crippen LogP contribution is -2.43. The van der Waals surface area contributed by atoms with E-state index in [0.29, 0.717) is 0 Å². The Bertz CT molecular complexity index is 459. The van der Waals surface area contributed by atoms with Gasteiger partial charge in [0, 0.05) is 6.04 Å². The lowest BCUT2D eigenvalue weighted by Gasteiger charge is -2.15. The first-order valence-corrected chi connectivity index (χ1v) is 5.89. The lowest BCUT2D eigenvalue weighted by molar-refractivity contribution is -0.125. The van der Waals surface area contributed by atoms with Crippen LogP contribution in [0.1, 0.15) is 17.5 Å². The summed E-state index contributed by atoms with van der Waals surface area (Å²) in [6.45, 7) is 0. The monoisotopic (exact) mass is 230 g/mol. The van der Waals surface area contributed by atoms with Crippen LogP contribution in [0.2, 0.25) is 0 Å². The molecular weight excluding hydrogens is 216 g/mol. The molecule has 0 bridgehead atoms. The summed E-state index contributed by atoms with van der Waals surface area (Å²) in [5.74, 6) is -0.367. The van der Waals surface area contributed by atoms with E-state index in [4.69, 9.17) is 0 Å². The molecular formula is C13H14N2O2. The average Bonchev–Trinajstić information content (AvgIpc) is 2.82. The number of fused-ring (bicyclic) bond motifs is 1. The van der Waals surface area contributed by atoms with Gasteiger partial charge in [-0.25, -0.2) is 0 Å². The molecule has 4 heteroatoms. The van der Waals surface area contributed by atoms with Gasteiger partial charge in [-0.1, -0.05) is 24.3 Å². The molecule has 1 aliphatic heterocycles. The van der Waals surface area contributed by atoms with Crippen molar-refractivity contribution in [3.05, 3.63) is 35.4 Å². The normalized spacial score (nSPS) is 23.9. The number of benzene rings is 1. The van der Waals surface area contributed by atoms with E-state index >= 15 is 0 Å². The first-order chi connectivity index (χ1) is 8.22. The Morgan fingerprint density at radius 1 is 1.06 bits per heavy atom. The standard InChI is InChI=1S/C13H14N2O2/c16-12-7-11(13(17)15-12)14-10-5-8-3-1-2-4-9(8)6-10/h1-4,10-11,14H,5-7H2,(H,15,16,17). The minimum absolute atomic E-state index is 0.178. The van der Waals surface area contributed by atoms with Gasteiger partial charge in [0.25, 0.3) is 0 Å². The van der Waals surface area contributed by atoms with Gasteiger partial charge in [-0.15, -0.1) is 0 Å². The highest BCUT2D eigenvalue weighted by molar-refractivity contribution is 6.05. The highest BCUT2D eigenvalue weighted by Crippen LogP contribution is 2.22. The Labute approximate surface area is 99.4 Å². The maximum Gasteiger partial charge on any atom is 0.244 e. The fraction of sp³-hybridized carbons (Fsp3) is 0.385. The molecule has 1 aromatic carbocycles. The first kappa shape index (κ1) is 10.5. The topological polar surface area (TPSA) is 58.2 Å². The average molecular weight is 230 g/mol. The third-order valence-corrected chi connectivity index (χ3v) is 3.46. The van der Waals surface area contributed by atoms with Crippen LogP contribution in [0.3, 0.4) is 0 Å². The third-order valence-electron chi connectivity index (χ3n) is 3.46. The zero-order valence-corrected chi connectivity index (χ0v) is 9.40. The molecule has 1 aliphatic carbocycles. The van der Waals surface area contributed by atoms with Crippen LogP contribution in [0.25, 0.3) is 0 Å². The smallest absolute Gasteiger partial charge is 0.244 e. The van der Waals surface area contributed by atoms with Crippen molar-refractivity contribution < 1.29 is 9.59 Å². The molecule has 2 aliphatic rings. The van der Waals surface area contributed by atoms with Gasteiger partial charge in [-0.2, -0.15) is 0 Å². The molecule has 4 nitrogen and oxygen atoms in total. The van der Waals surface area contributed by atoms with Crippen molar-refractivity contribution in [3.8, 4) is 0 Å². The number of nitrogens with one attached hydrogen (secondary N) is 2. The van der Waals surface area contributed by atoms with E-state index < -0.39 is 0 Å². The molecule has 2 amide bonds. The number of carbonyl (C=O) groups is 2. The highest BCUT2D eigenvalue weighted by Gasteiger charge is 2.33. The zero-order chi connectivity index (χ0) is 11.8. The first-order valence-electron chi connectivity index (χ1n) is 5.89. The maximum absolute atomic E-state index is 11.5. The molecule has 1 fully saturated rings. The fourth-order valence-electron chi connectivity index (χ4n) is 2.65. The quantitative estimate of drug-likeness (QED) is 0.711. The van der Waals surface area contributed by atoms with Crippen LogP contribution in [0.4, 0.5) is 0 Å². The summed E-state index contributed by atoms with van der Waals surface area (Å²) in [6.07, 6.45) is 2.15. The summed E-state index contributed by atoms with van der Waals surface area (Å²) in [7, 11) is 0. The molecule has 3 rings (SSSR count). The minimum atomic E-state index is -0.346. The summed E-state index contributed by atoms with van der Waals surface area (Å²) < 4.78 is 0. The van der Waals surface area contributed by atoms with Gasteiger partial charge in [-0.05, 0) is 24.0 Å². The summed E-state index contributed by atoms with van der Waals surface area (Å²) in [5.41, 5.74) is 2.68. The van der Waals surface area contributed by atoms with Crippen molar-refractivity contribution in [2.24, 2.45) is 0 Å². The Morgan fingerprint density at radius 2 is 1.71 bits per heavy atom. The lowest BCUT2D eigenvalue weighted by atomic mass is 10.1. The van der Waals surface area contributed by atoms with Crippen molar-refractivity contribution in [1.29, 1.82) is 0 Å². The molecule has 0 radical (unpaired) electrons. The number of hydrogen-bond donors (Lipinski definition) is 2. The number of rotatable bonds is 2. The number of hydrogen-bond acceptors (Lipinski definition) is 3. The van der Waals surface area contributed by atoms with Gasteiger partial charge < -0.3 is 5.32 Å². The molecule has 1 unspecified atom stereocenters. The van der Waals surface area contributed by atoms with Gasteiger partial charge in [0.1, 0.15) is 0 Å². The Balaban J connectivity index is 1.66. The molecule has 1 aromatic rings. The van der Waals surface area contributed by atoms with Crippen LogP contribution in [0.15, 0.2) is 24.3 Å². The van der Waals surface area contributed by atoms with Crippen molar-refractivity contribution >= 4 is 11.8 Å². The number of amides is 2. The van der Waals surface area contributed by atoms with Crippen molar-refractivity contribution in [2.45, 2.75) is 31.3 Å². The minimum Gasteiger partial charge on any atom is -0.302 e. The predicted octanol–water partition coefficient (Wildman–Crippen LogP) is 0.158. The number of imide groups is 1. The van der Waals surface area contributed by atoms with E-state index in [1.54, 1.807) is 0 Å². The highest BCUT2D eigenvalue weighted by atomic mass is 16.2. The Kier molecular flexibility index (Phi) is 2.44. The van der Waals surface area contributed by atoms with Crippen LogP contribution in [0.5, 0.6) is 0 Å². The van der Waals surface area contributed by atoms with E-state index in [0.717, 1.165) is 12.8 Å². The van der Waals surface area contributed by atoms with Crippen LogP contribution in [-0.2, 0) is 22.4 Å². The van der Waals surface area contributed by atoms with E-state index in [-0.39, 0.29) is 30.3 Å².